The zero-order valence-corrected chi connectivity index (χ0v) is 11.6. The zero-order valence-electron chi connectivity index (χ0n) is 11.6. The van der Waals surface area contributed by atoms with Crippen LogP contribution in [0.3, 0.4) is 0 Å². The summed E-state index contributed by atoms with van der Waals surface area (Å²) < 4.78 is 1.77. The Morgan fingerprint density at radius 2 is 2.35 bits per heavy atom. The van der Waals surface area contributed by atoms with Gasteiger partial charge in [0.1, 0.15) is 0 Å². The predicted octanol–water partition coefficient (Wildman–Crippen LogP) is 0.698. The van der Waals surface area contributed by atoms with Crippen molar-refractivity contribution in [2.75, 3.05) is 19.6 Å². The first-order chi connectivity index (χ1) is 9.56. The van der Waals surface area contributed by atoms with Crippen LogP contribution in [-0.2, 0) is 11.3 Å². The minimum absolute atomic E-state index is 0.195. The molecule has 0 aromatic carbocycles. The van der Waals surface area contributed by atoms with Gasteiger partial charge in [0.2, 0.25) is 0 Å². The normalized spacial score (nSPS) is 18.9. The third kappa shape index (κ3) is 3.72. The van der Waals surface area contributed by atoms with Gasteiger partial charge in [0.05, 0.1) is 18.7 Å². The molecular formula is C13H20N4O3. The smallest absolute Gasteiger partial charge is 0.317 e. The van der Waals surface area contributed by atoms with Crippen molar-refractivity contribution in [3.8, 4) is 0 Å². The van der Waals surface area contributed by atoms with Crippen LogP contribution in [0.1, 0.15) is 18.4 Å². The molecular weight excluding hydrogens is 260 g/mol. The molecule has 2 amide bonds. The molecule has 20 heavy (non-hydrogen) atoms. The lowest BCUT2D eigenvalue weighted by Crippen LogP contribution is -2.47. The van der Waals surface area contributed by atoms with Crippen molar-refractivity contribution in [3.63, 3.8) is 0 Å². The van der Waals surface area contributed by atoms with E-state index in [1.54, 1.807) is 15.8 Å². The van der Waals surface area contributed by atoms with Crippen molar-refractivity contribution >= 4 is 12.0 Å². The summed E-state index contributed by atoms with van der Waals surface area (Å²) in [5, 5.41) is 15.9. The minimum atomic E-state index is -0.825. The Hall–Kier alpha value is -2.05. The summed E-state index contributed by atoms with van der Waals surface area (Å²) in [6.07, 6.45) is 5.06. The van der Waals surface area contributed by atoms with Gasteiger partial charge in [0, 0.05) is 25.8 Å². The fraction of sp³-hybridized carbons (Fsp3) is 0.615. The molecule has 7 heteroatoms. The number of rotatable bonds is 4. The highest BCUT2D eigenvalue weighted by molar-refractivity contribution is 5.76. The van der Waals surface area contributed by atoms with Gasteiger partial charge in [-0.3, -0.25) is 9.48 Å². The van der Waals surface area contributed by atoms with E-state index in [-0.39, 0.29) is 6.03 Å². The fourth-order valence-electron chi connectivity index (χ4n) is 2.34. The quantitative estimate of drug-likeness (QED) is 0.849. The average Bonchev–Trinajstić information content (AvgIpc) is 2.84. The Balaban J connectivity index is 1.75. The molecule has 1 aromatic heterocycles. The molecule has 1 aliphatic rings. The molecule has 0 bridgehead atoms. The molecule has 1 aromatic rings. The highest BCUT2D eigenvalue weighted by Gasteiger charge is 2.27. The maximum absolute atomic E-state index is 12.0. The number of carbonyl (C=O) groups excluding carboxylic acids is 1. The SMILES string of the molecule is Cc1cnn(CCNC(=O)N2CCC[C@H](C(=O)O)C2)c1. The highest BCUT2D eigenvalue weighted by Crippen LogP contribution is 2.16. The summed E-state index contributed by atoms with van der Waals surface area (Å²) in [5.74, 6) is -1.27. The van der Waals surface area contributed by atoms with Gasteiger partial charge in [-0.2, -0.15) is 5.10 Å². The first kappa shape index (κ1) is 14.4. The largest absolute Gasteiger partial charge is 0.481 e. The number of aryl methyl sites for hydroxylation is 1. The van der Waals surface area contributed by atoms with Crippen LogP contribution in [0.2, 0.25) is 0 Å². The topological polar surface area (TPSA) is 87.5 Å². The number of nitrogens with zero attached hydrogens (tertiary/aromatic N) is 3. The number of amides is 2. The van der Waals surface area contributed by atoms with E-state index in [4.69, 9.17) is 5.11 Å². The fourth-order valence-corrected chi connectivity index (χ4v) is 2.34. The van der Waals surface area contributed by atoms with Crippen molar-refractivity contribution in [2.45, 2.75) is 26.3 Å². The van der Waals surface area contributed by atoms with E-state index in [2.05, 4.69) is 10.4 Å². The molecule has 1 atom stereocenters. The van der Waals surface area contributed by atoms with Gasteiger partial charge in [-0.15, -0.1) is 0 Å². The van der Waals surface area contributed by atoms with Crippen LogP contribution in [-0.4, -0.2) is 51.4 Å². The first-order valence-corrected chi connectivity index (χ1v) is 6.81. The third-order valence-corrected chi connectivity index (χ3v) is 3.44. The van der Waals surface area contributed by atoms with E-state index in [1.807, 2.05) is 13.1 Å². The van der Waals surface area contributed by atoms with Gasteiger partial charge in [0.15, 0.2) is 0 Å². The van der Waals surface area contributed by atoms with Crippen molar-refractivity contribution in [1.82, 2.24) is 20.0 Å². The van der Waals surface area contributed by atoms with E-state index in [1.165, 1.54) is 0 Å². The molecule has 110 valence electrons. The number of hydrogen-bond donors (Lipinski definition) is 2. The van der Waals surface area contributed by atoms with E-state index >= 15 is 0 Å². The Morgan fingerprint density at radius 1 is 1.55 bits per heavy atom. The Morgan fingerprint density at radius 3 is 3.00 bits per heavy atom. The number of carboxylic acid groups (broad SMARTS) is 1. The lowest BCUT2D eigenvalue weighted by atomic mass is 9.99. The first-order valence-electron chi connectivity index (χ1n) is 6.81. The third-order valence-electron chi connectivity index (χ3n) is 3.44. The molecule has 0 saturated carbocycles. The monoisotopic (exact) mass is 280 g/mol. The summed E-state index contributed by atoms with van der Waals surface area (Å²) in [6.45, 7) is 3.96. The molecule has 2 N–H and O–H groups in total. The molecule has 1 fully saturated rings. The summed E-state index contributed by atoms with van der Waals surface area (Å²) in [6, 6.07) is -0.195. The van der Waals surface area contributed by atoms with Gasteiger partial charge in [-0.05, 0) is 25.3 Å². The number of carbonyl (C=O) groups is 2. The molecule has 0 aliphatic carbocycles. The maximum Gasteiger partial charge on any atom is 0.317 e. The van der Waals surface area contributed by atoms with Gasteiger partial charge in [0.25, 0.3) is 0 Å². The summed E-state index contributed by atoms with van der Waals surface area (Å²) in [7, 11) is 0. The van der Waals surface area contributed by atoms with Crippen molar-refractivity contribution < 1.29 is 14.7 Å². The molecule has 0 unspecified atom stereocenters. The molecule has 7 nitrogen and oxygen atoms in total. The van der Waals surface area contributed by atoms with E-state index in [0.717, 1.165) is 12.0 Å². The minimum Gasteiger partial charge on any atom is -0.481 e. The predicted molar refractivity (Wildman–Crippen MR) is 72.3 cm³/mol. The average molecular weight is 280 g/mol. The zero-order chi connectivity index (χ0) is 14.5. The number of aliphatic carboxylic acids is 1. The number of hydrogen-bond acceptors (Lipinski definition) is 3. The number of aromatic nitrogens is 2. The van der Waals surface area contributed by atoms with Crippen LogP contribution >= 0.6 is 0 Å². The van der Waals surface area contributed by atoms with Crippen LogP contribution in [0, 0.1) is 12.8 Å². The summed E-state index contributed by atoms with van der Waals surface area (Å²) in [5.41, 5.74) is 1.08. The highest BCUT2D eigenvalue weighted by atomic mass is 16.4. The molecule has 1 aliphatic heterocycles. The number of carboxylic acids is 1. The summed E-state index contributed by atoms with van der Waals surface area (Å²) in [4.78, 5) is 24.5. The van der Waals surface area contributed by atoms with Crippen LogP contribution < -0.4 is 5.32 Å². The molecule has 2 heterocycles. The lowest BCUT2D eigenvalue weighted by Gasteiger charge is -2.30. The molecule has 2 rings (SSSR count). The number of nitrogens with one attached hydrogen (secondary N) is 1. The van der Waals surface area contributed by atoms with Crippen LogP contribution in [0.4, 0.5) is 4.79 Å². The molecule has 0 spiro atoms. The van der Waals surface area contributed by atoms with Crippen LogP contribution in [0.5, 0.6) is 0 Å². The Kier molecular flexibility index (Phi) is 4.60. The maximum atomic E-state index is 12.0. The van der Waals surface area contributed by atoms with E-state index < -0.39 is 11.9 Å². The van der Waals surface area contributed by atoms with Crippen LogP contribution in [0.25, 0.3) is 0 Å². The second-order valence-electron chi connectivity index (χ2n) is 5.14. The van der Waals surface area contributed by atoms with Crippen molar-refractivity contribution in [1.29, 1.82) is 0 Å². The molecule has 0 radical (unpaired) electrons. The lowest BCUT2D eigenvalue weighted by molar-refractivity contribution is -0.143. The van der Waals surface area contributed by atoms with E-state index in [9.17, 15) is 9.59 Å². The van der Waals surface area contributed by atoms with Crippen LogP contribution in [0.15, 0.2) is 12.4 Å². The number of piperidine rings is 1. The van der Waals surface area contributed by atoms with Gasteiger partial charge < -0.3 is 15.3 Å². The number of likely N-dealkylation sites (tertiary alicyclic amines) is 1. The number of urea groups is 1. The Bertz CT molecular complexity index is 486. The second kappa shape index (κ2) is 6.40. The summed E-state index contributed by atoms with van der Waals surface area (Å²) >= 11 is 0. The van der Waals surface area contributed by atoms with E-state index in [0.29, 0.717) is 32.6 Å². The van der Waals surface area contributed by atoms with Crippen molar-refractivity contribution in [2.24, 2.45) is 5.92 Å². The molecule has 1 saturated heterocycles. The van der Waals surface area contributed by atoms with Gasteiger partial charge in [-0.1, -0.05) is 0 Å². The second-order valence-corrected chi connectivity index (χ2v) is 5.14. The van der Waals surface area contributed by atoms with Gasteiger partial charge >= 0.3 is 12.0 Å². The van der Waals surface area contributed by atoms with Gasteiger partial charge in [-0.25, -0.2) is 4.79 Å². The Labute approximate surface area is 117 Å². The standard InChI is InChI=1S/C13H20N4O3/c1-10-7-15-17(8-10)6-4-14-13(20)16-5-2-3-11(9-16)12(18)19/h7-8,11H,2-6,9H2,1H3,(H,14,20)(H,18,19)/t11-/m0/s1. The van der Waals surface area contributed by atoms with Crippen molar-refractivity contribution in [3.05, 3.63) is 18.0 Å².